The summed E-state index contributed by atoms with van der Waals surface area (Å²) in [6, 6.07) is 23.1. The fourth-order valence-corrected chi connectivity index (χ4v) is 17.2. The number of ether oxygens (including phenoxy) is 12. The highest BCUT2D eigenvalue weighted by molar-refractivity contribution is 7.89. The van der Waals surface area contributed by atoms with Crippen LogP contribution in [0, 0.1) is 23.7 Å². The number of benzene rings is 4. The maximum atomic E-state index is 13.8. The number of carbonyl (C=O) groups excluding carboxylic acids is 4. The van der Waals surface area contributed by atoms with Gasteiger partial charge in [-0.3, -0.25) is 13.7 Å². The van der Waals surface area contributed by atoms with E-state index < -0.39 is 133 Å². The van der Waals surface area contributed by atoms with Crippen molar-refractivity contribution in [2.45, 2.75) is 188 Å². The van der Waals surface area contributed by atoms with Gasteiger partial charge in [0.2, 0.25) is 20.0 Å². The van der Waals surface area contributed by atoms with E-state index in [0.29, 0.717) is 66.8 Å². The minimum atomic E-state index is -4.07. The summed E-state index contributed by atoms with van der Waals surface area (Å²) < 4.78 is 163. The van der Waals surface area contributed by atoms with Crippen LogP contribution in [0.5, 0.6) is 23.0 Å². The number of methoxy groups -OCH3 is 2. The summed E-state index contributed by atoms with van der Waals surface area (Å²) in [5.74, 6) is 0.00417. The molecule has 2 amide bonds. The molecule has 636 valence electrons. The van der Waals surface area contributed by atoms with Gasteiger partial charge in [-0.15, -0.1) is 0 Å². The molecule has 0 saturated carbocycles. The van der Waals surface area contributed by atoms with Crippen LogP contribution in [0.15, 0.2) is 107 Å². The molecule has 0 bridgehead atoms. The number of hydrogen-bond acceptors (Lipinski definition) is 28. The number of nitrogens with zero attached hydrogens (tertiary/aromatic N) is 2. The van der Waals surface area contributed by atoms with E-state index in [1.165, 1.54) is 60.9 Å². The van der Waals surface area contributed by atoms with Crippen LogP contribution >= 0.6 is 15.2 Å². The number of hydrogen-bond donors (Lipinski definition) is 6. The van der Waals surface area contributed by atoms with Crippen LogP contribution in [-0.2, 0) is 103 Å². The van der Waals surface area contributed by atoms with Crippen molar-refractivity contribution in [3.05, 3.63) is 108 Å². The first-order valence-corrected chi connectivity index (χ1v) is 42.4. The van der Waals surface area contributed by atoms with E-state index >= 15 is 0 Å². The highest BCUT2D eigenvalue weighted by Gasteiger charge is 2.46. The molecule has 4 saturated heterocycles. The fraction of sp³-hybridized carbons (Fsp3) is 0.627. The number of nitrogens with one attached hydrogen (secondary N) is 2. The molecule has 6 N–H and O–H groups in total. The third-order valence-electron chi connectivity index (χ3n) is 17.1. The normalized spacial score (nSPS) is 20.4. The molecule has 4 heterocycles. The van der Waals surface area contributed by atoms with E-state index in [9.17, 15) is 60.3 Å². The van der Waals surface area contributed by atoms with Crippen molar-refractivity contribution in [1.82, 2.24) is 19.2 Å². The predicted molar refractivity (Wildman–Crippen MR) is 415 cm³/mol. The molecule has 2 unspecified atom stereocenters. The number of fused-ring (bicyclic) bond motifs is 2. The lowest BCUT2D eigenvalue weighted by molar-refractivity contribution is -0.152. The summed E-state index contributed by atoms with van der Waals surface area (Å²) in [4.78, 5) is 58.6. The topological polar surface area (TPSA) is 421 Å². The molecule has 33 nitrogen and oxygen atoms in total. The first-order valence-electron chi connectivity index (χ1n) is 36.0. The van der Waals surface area contributed by atoms with E-state index in [2.05, 4.69) is 15.4 Å². The number of esters is 2. The van der Waals surface area contributed by atoms with Crippen LogP contribution in [-0.4, -0.2) is 237 Å². The van der Waals surface area contributed by atoms with Gasteiger partial charge in [0.15, 0.2) is 31.4 Å². The average molecular weight is 1670 g/mol. The molecule has 14 atom stereocenters. The quantitative estimate of drug-likeness (QED) is 0.0137. The Kier molecular flexibility index (Phi) is 42.7. The van der Waals surface area contributed by atoms with E-state index in [4.69, 9.17) is 70.8 Å². The van der Waals surface area contributed by atoms with Crippen LogP contribution in [0.3, 0.4) is 0 Å². The van der Waals surface area contributed by atoms with Crippen LogP contribution < -0.4 is 29.6 Å². The lowest BCUT2D eigenvalue weighted by Crippen LogP contribution is -2.51. The zero-order valence-electron chi connectivity index (χ0n) is 63.6. The van der Waals surface area contributed by atoms with Gasteiger partial charge >= 0.3 is 39.3 Å². The lowest BCUT2D eigenvalue weighted by atomic mass is 10.0. The van der Waals surface area contributed by atoms with Gasteiger partial charge in [-0.25, -0.2) is 36.0 Å². The van der Waals surface area contributed by atoms with Gasteiger partial charge in [0.1, 0.15) is 41.3 Å². The van der Waals surface area contributed by atoms with Crippen LogP contribution in [0.2, 0.25) is 0 Å². The summed E-state index contributed by atoms with van der Waals surface area (Å²) in [6.45, 7) is 18.3. The maximum Gasteiger partial charge on any atom is 0.407 e. The van der Waals surface area contributed by atoms with Crippen molar-refractivity contribution in [2.75, 3.05) is 106 Å². The Morgan fingerprint density at radius 2 is 0.893 bits per heavy atom. The molecule has 37 heteroatoms. The minimum absolute atomic E-state index is 0. The predicted octanol–water partition coefficient (Wildman–Crippen LogP) is 9.53. The third-order valence-corrected chi connectivity index (χ3v) is 23.6. The smallest absolute Gasteiger partial charge is 0.407 e. The fourth-order valence-electron chi connectivity index (χ4n) is 11.7. The first-order chi connectivity index (χ1) is 51.7. The summed E-state index contributed by atoms with van der Waals surface area (Å²) in [7, 11) is -12.9. The number of rotatable bonds is 40. The molecule has 4 aliphatic rings. The van der Waals surface area contributed by atoms with E-state index in [1.807, 2.05) is 27.7 Å². The molecule has 0 aromatic heterocycles. The molecule has 0 spiro atoms. The molecule has 4 fully saturated rings. The van der Waals surface area contributed by atoms with E-state index in [-0.39, 0.29) is 128 Å². The molecule has 4 aliphatic heterocycles. The molecular formula is C75H120N4O29P2S2. The summed E-state index contributed by atoms with van der Waals surface area (Å²) in [5, 5.41) is 37.2. The van der Waals surface area contributed by atoms with Gasteiger partial charge in [-0.05, 0) is 163 Å². The van der Waals surface area contributed by atoms with Gasteiger partial charge in [0.25, 0.3) is 0 Å². The van der Waals surface area contributed by atoms with Gasteiger partial charge in [-0.1, -0.05) is 74.2 Å². The number of amides is 2. The molecule has 112 heavy (non-hydrogen) atoms. The zero-order valence-corrected chi connectivity index (χ0v) is 67.1. The number of aliphatic hydroxyl groups is 3. The Balaban J connectivity index is 0.000000518. The number of sulfonamides is 2. The van der Waals surface area contributed by atoms with Crippen molar-refractivity contribution in [1.29, 1.82) is 0 Å². The van der Waals surface area contributed by atoms with Crippen molar-refractivity contribution in [2.24, 2.45) is 23.7 Å². The van der Waals surface area contributed by atoms with E-state index in [0.717, 1.165) is 0 Å². The van der Waals surface area contributed by atoms with Crippen molar-refractivity contribution < 1.29 is 136 Å². The standard InChI is InChI=1S/C36H53N2O14PS.C31H45N2O12PS.C5H10O3.3CH4/c1-7-46-34(40)25(5)52-53(42,50-8-2)23-49-28-11-9-26(10-12-28)19-31(37-36(41)51-33-22-48-35-30(33)17-18-47-35)32(39)21-38(20-24(3)4)54(43,44)29-15-13-27(45-6)14-16-29;1-5-44-46(36,37)20-43-24-8-6-22(7-9-24)16-27(32-31(35)45-29-19-42-30-26(29)14-15-41-30)28(34)18-33(17-21(2)3)47(38,39)25-12-10-23(40-4)11-13-25;1-3-8-5(7)4(2)6;;;/h9-16,24-25,30-33,35,39H,7-8,17-23H2,1-6H3,(H,37,41);6-13,21,26-30,34H,5,14-20H2,1-4H3,(H,32,35)(H,36,37);4,6H,3H2,1-2H3;3*1H4/t25-,30-,31-,32+,33-,35+,53?;26-,27-,28+,29-,30+;4-;;;/m000.../s1. The lowest BCUT2D eigenvalue weighted by Gasteiger charge is -2.31. The van der Waals surface area contributed by atoms with Crippen LogP contribution in [0.4, 0.5) is 9.59 Å². The van der Waals surface area contributed by atoms with Gasteiger partial charge in [0.05, 0.1) is 113 Å². The SMILES string of the molecule is C.C.C.CCOC(=O)[C@H](C)O.CCOC(=O)[C@H](C)OP(=O)(COc1ccc(C[C@H](NC(=O)O[C@H]2CO[C@H]3OCC[C@H]32)[C@H](O)CN(CC(C)C)S(=O)(=O)c2ccc(OC)cc2)cc1)OCC.CCOP(=O)(O)COc1ccc(C[C@H](NC(=O)O[C@H]2CO[C@H]3OCC[C@H]32)[C@H](O)CN(CC(C)C)S(=O)(=O)c2ccc(OC)cc2)cc1. The molecule has 4 aromatic rings. The van der Waals surface area contributed by atoms with Crippen molar-refractivity contribution in [3.63, 3.8) is 0 Å². The Hall–Kier alpha value is -6.60. The molecule has 0 aliphatic carbocycles. The number of alkyl carbamates (subject to hydrolysis) is 2. The largest absolute Gasteiger partial charge is 0.497 e. The second-order valence-corrected chi connectivity index (χ2v) is 34.2. The Morgan fingerprint density at radius 1 is 0.518 bits per heavy atom. The number of aliphatic hydroxyl groups excluding tert-OH is 3. The van der Waals surface area contributed by atoms with Crippen molar-refractivity contribution in [3.8, 4) is 23.0 Å². The van der Waals surface area contributed by atoms with Gasteiger partial charge < -0.3 is 96.7 Å². The first kappa shape index (κ1) is 99.6. The van der Waals surface area contributed by atoms with Crippen LogP contribution in [0.1, 0.15) is 115 Å². The Bertz CT molecular complexity index is 3790. The summed E-state index contributed by atoms with van der Waals surface area (Å²) >= 11 is 0. The second-order valence-electron chi connectivity index (χ2n) is 26.6. The summed E-state index contributed by atoms with van der Waals surface area (Å²) in [6.07, 6.45) is -7.84. The molecule has 4 aromatic carbocycles. The third kappa shape index (κ3) is 31.2. The highest BCUT2D eigenvalue weighted by Crippen LogP contribution is 2.49. The average Bonchev–Trinajstić information content (AvgIpc) is 1.06. The van der Waals surface area contributed by atoms with E-state index in [1.54, 1.807) is 100 Å². The molecular weight excluding hydrogens is 1550 g/mol. The van der Waals surface area contributed by atoms with Crippen LogP contribution in [0.25, 0.3) is 0 Å². The minimum Gasteiger partial charge on any atom is -0.497 e. The Morgan fingerprint density at radius 3 is 1.24 bits per heavy atom. The monoisotopic (exact) mass is 1670 g/mol. The number of carbonyl (C=O) groups is 4. The van der Waals surface area contributed by atoms with Gasteiger partial charge in [-0.2, -0.15) is 8.61 Å². The summed E-state index contributed by atoms with van der Waals surface area (Å²) in [5.41, 5.74) is 1.31. The Labute approximate surface area is 660 Å². The van der Waals surface area contributed by atoms with Gasteiger partial charge in [0, 0.05) is 26.2 Å². The van der Waals surface area contributed by atoms with Crippen molar-refractivity contribution >= 4 is 59.4 Å². The highest BCUT2D eigenvalue weighted by atomic mass is 32.2. The molecule has 8 rings (SSSR count). The molecule has 0 radical (unpaired) electrons. The maximum absolute atomic E-state index is 13.8. The second kappa shape index (κ2) is 48.1. The zero-order chi connectivity index (χ0) is 80.2.